The number of rotatable bonds is 11. The van der Waals surface area contributed by atoms with Gasteiger partial charge in [0.2, 0.25) is 0 Å². The Balaban J connectivity index is 1.31. The van der Waals surface area contributed by atoms with E-state index >= 15 is 0 Å². The number of nitrogen functional groups attached to an aromatic ring is 1. The van der Waals surface area contributed by atoms with Crippen molar-refractivity contribution in [2.75, 3.05) is 18.9 Å². The quantitative estimate of drug-likeness (QED) is 0.171. The molecule has 17 nitrogen and oxygen atoms in total. The molecule has 0 bridgehead atoms. The minimum absolute atomic E-state index is 0.0626. The van der Waals surface area contributed by atoms with E-state index in [-0.39, 0.29) is 35.8 Å². The lowest BCUT2D eigenvalue weighted by Gasteiger charge is -2.31. The van der Waals surface area contributed by atoms with Gasteiger partial charge in [-0.25, -0.2) is 19.5 Å². The lowest BCUT2D eigenvalue weighted by atomic mass is 10.0. The van der Waals surface area contributed by atoms with Crippen molar-refractivity contribution in [2.45, 2.75) is 49.8 Å². The van der Waals surface area contributed by atoms with Gasteiger partial charge < -0.3 is 31.2 Å². The third-order valence-corrected chi connectivity index (χ3v) is 7.99. The molecule has 0 unspecified atom stereocenters. The molecule has 2 fully saturated rings. The number of hydrogen-bond acceptors (Lipinski definition) is 15. The van der Waals surface area contributed by atoms with Crippen LogP contribution in [-0.2, 0) is 48.4 Å². The number of aromatic nitrogens is 4. The fraction of sp³-hybridized carbons (Fsp3) is 0.417. The topological polar surface area (TPSA) is 251 Å². The smallest absolute Gasteiger partial charge is 0.475 e. The zero-order valence-electron chi connectivity index (χ0n) is 21.8. The second kappa shape index (κ2) is 12.1. The van der Waals surface area contributed by atoms with Gasteiger partial charge >= 0.3 is 19.8 Å². The van der Waals surface area contributed by atoms with Gasteiger partial charge in [0.15, 0.2) is 29.6 Å². The van der Waals surface area contributed by atoms with Gasteiger partial charge in [0.25, 0.3) is 0 Å². The largest absolute Gasteiger partial charge is 0.508 e. The van der Waals surface area contributed by atoms with Gasteiger partial charge in [0.1, 0.15) is 36.4 Å². The summed E-state index contributed by atoms with van der Waals surface area (Å²) < 4.78 is 42.6. The number of phosphoric acid groups is 1. The van der Waals surface area contributed by atoms with Gasteiger partial charge in [0, 0.05) is 0 Å². The summed E-state index contributed by atoms with van der Waals surface area (Å²) in [5, 5.41) is 18.4. The SMILES string of the molecule is Nc1ncnc2c1ncn2[C@@H]1O[C@@H]2CO[P@](=O)(OCC(=O)[C@@H](N)Cc3ccc(O)cc3)O[C@H]2[C@H]1OC(=O)CCC(=O)O. The average molecular weight is 606 g/mol. The van der Waals surface area contributed by atoms with E-state index in [1.54, 1.807) is 12.1 Å². The number of phenols is 1. The molecule has 2 saturated heterocycles. The molecule has 0 radical (unpaired) electrons. The highest BCUT2D eigenvalue weighted by Crippen LogP contribution is 2.57. The molecule has 6 atom stereocenters. The summed E-state index contributed by atoms with van der Waals surface area (Å²) in [6.07, 6.45) is -2.78. The summed E-state index contributed by atoms with van der Waals surface area (Å²) >= 11 is 0. The number of carbonyl (C=O) groups excluding carboxylic acids is 2. The van der Waals surface area contributed by atoms with E-state index in [9.17, 15) is 24.1 Å². The van der Waals surface area contributed by atoms with E-state index in [0.29, 0.717) is 5.56 Å². The number of benzene rings is 1. The molecule has 2 aromatic heterocycles. The van der Waals surface area contributed by atoms with Crippen molar-refractivity contribution in [2.24, 2.45) is 5.73 Å². The van der Waals surface area contributed by atoms with Crippen LogP contribution in [0.3, 0.4) is 0 Å². The van der Waals surface area contributed by atoms with Crippen LogP contribution in [0.1, 0.15) is 24.6 Å². The summed E-state index contributed by atoms with van der Waals surface area (Å²) in [5.74, 6) is -2.52. The van der Waals surface area contributed by atoms with E-state index in [4.69, 9.17) is 39.6 Å². The maximum Gasteiger partial charge on any atom is 0.475 e. The highest BCUT2D eigenvalue weighted by atomic mass is 31.2. The number of phosphoric ester groups is 1. The first-order valence-electron chi connectivity index (χ1n) is 12.7. The molecule has 0 aliphatic carbocycles. The van der Waals surface area contributed by atoms with E-state index in [2.05, 4.69) is 15.0 Å². The van der Waals surface area contributed by atoms with Crippen molar-refractivity contribution in [1.29, 1.82) is 0 Å². The number of ether oxygens (including phenoxy) is 2. The highest BCUT2D eigenvalue weighted by molar-refractivity contribution is 7.48. The van der Waals surface area contributed by atoms with Crippen LogP contribution in [0.2, 0.25) is 0 Å². The van der Waals surface area contributed by atoms with Gasteiger partial charge in [-0.2, -0.15) is 0 Å². The lowest BCUT2D eigenvalue weighted by molar-refractivity contribution is -0.160. The number of carboxylic acids is 1. The van der Waals surface area contributed by atoms with E-state index in [1.807, 2.05) is 0 Å². The summed E-state index contributed by atoms with van der Waals surface area (Å²) in [5.41, 5.74) is 13.0. The maximum atomic E-state index is 13.4. The molecular formula is C24H27N6O11P. The third-order valence-electron chi connectivity index (χ3n) is 6.58. The first-order chi connectivity index (χ1) is 20.0. The highest BCUT2D eigenvalue weighted by Gasteiger charge is 2.56. The van der Waals surface area contributed by atoms with Crippen LogP contribution in [0.15, 0.2) is 36.9 Å². The summed E-state index contributed by atoms with van der Waals surface area (Å²) in [6, 6.07) is 5.12. The molecule has 3 aromatic rings. The predicted molar refractivity (Wildman–Crippen MR) is 140 cm³/mol. The van der Waals surface area contributed by atoms with Gasteiger partial charge in [-0.15, -0.1) is 0 Å². The van der Waals surface area contributed by atoms with Gasteiger partial charge in [-0.1, -0.05) is 12.1 Å². The second-order valence-electron chi connectivity index (χ2n) is 9.53. The van der Waals surface area contributed by atoms with Gasteiger partial charge in [-0.05, 0) is 24.1 Å². The van der Waals surface area contributed by atoms with Crippen LogP contribution >= 0.6 is 7.82 Å². The standard InChI is InChI=1S/C24H27N6O11P/c25-14(7-12-1-3-13(31)4-2-12)15(32)8-37-42(36)38-9-16-20(41-42)21(40-18(35)6-5-17(33)34)24(39-16)30-11-29-19-22(26)27-10-28-23(19)30/h1-4,10-11,14,16,20-21,24,31H,5-9,25H2,(H,33,34)(H2,26,27,28)/t14-,16+,20+,21+,24+,42-/m0/s1. The van der Waals surface area contributed by atoms with Crippen LogP contribution in [0.4, 0.5) is 5.82 Å². The monoisotopic (exact) mass is 606 g/mol. The Morgan fingerprint density at radius 2 is 1.93 bits per heavy atom. The number of carbonyl (C=O) groups is 3. The maximum absolute atomic E-state index is 13.4. The molecule has 6 N–H and O–H groups in total. The van der Waals surface area contributed by atoms with Crippen molar-refractivity contribution in [3.8, 4) is 5.75 Å². The average Bonchev–Trinajstić information content (AvgIpc) is 3.54. The zero-order valence-corrected chi connectivity index (χ0v) is 22.7. The molecule has 5 rings (SSSR count). The number of carboxylic acid groups (broad SMARTS) is 1. The normalized spacial score (nSPS) is 26.0. The number of Topliss-reactive ketones (excluding diaryl/α,β-unsaturated/α-hetero) is 1. The summed E-state index contributed by atoms with van der Waals surface area (Å²) in [7, 11) is -4.38. The summed E-state index contributed by atoms with van der Waals surface area (Å²) in [4.78, 5) is 48.4. The number of nitrogens with zero attached hydrogens (tertiary/aromatic N) is 4. The van der Waals surface area contributed by atoms with Crippen LogP contribution < -0.4 is 11.5 Å². The van der Waals surface area contributed by atoms with Crippen LogP contribution in [0, 0.1) is 0 Å². The van der Waals surface area contributed by atoms with Crippen LogP contribution in [0.5, 0.6) is 5.75 Å². The third kappa shape index (κ3) is 6.41. The molecular weight excluding hydrogens is 579 g/mol. The molecule has 4 heterocycles. The van der Waals surface area contributed by atoms with Gasteiger partial charge in [0.05, 0.1) is 31.8 Å². The van der Waals surface area contributed by atoms with Crippen molar-refractivity contribution in [3.63, 3.8) is 0 Å². The first kappa shape index (κ1) is 29.5. The minimum Gasteiger partial charge on any atom is -0.508 e. The number of aromatic hydroxyl groups is 1. The Morgan fingerprint density at radius 3 is 2.67 bits per heavy atom. The van der Waals surface area contributed by atoms with Crippen LogP contribution in [-0.4, -0.2) is 85.0 Å². The van der Waals surface area contributed by atoms with Crippen molar-refractivity contribution >= 4 is 42.5 Å². The molecule has 0 amide bonds. The van der Waals surface area contributed by atoms with Crippen molar-refractivity contribution in [1.82, 2.24) is 19.5 Å². The zero-order chi connectivity index (χ0) is 30.0. The summed E-state index contributed by atoms with van der Waals surface area (Å²) in [6.45, 7) is -1.03. The Morgan fingerprint density at radius 1 is 1.17 bits per heavy atom. The fourth-order valence-corrected chi connectivity index (χ4v) is 5.82. The van der Waals surface area contributed by atoms with Gasteiger partial charge in [-0.3, -0.25) is 32.5 Å². The van der Waals surface area contributed by atoms with Crippen LogP contribution in [0.25, 0.3) is 11.2 Å². The number of phenolic OH excluding ortho intramolecular Hbond substituents is 1. The van der Waals surface area contributed by atoms with E-state index in [1.165, 1.54) is 29.4 Å². The molecule has 2 aliphatic rings. The number of anilines is 1. The molecule has 0 spiro atoms. The number of ketones is 1. The fourth-order valence-electron chi connectivity index (χ4n) is 4.46. The Kier molecular flexibility index (Phi) is 8.49. The Bertz CT molecular complexity index is 1530. The number of nitrogens with two attached hydrogens (primary N) is 2. The second-order valence-corrected chi connectivity index (χ2v) is 11.1. The number of esters is 1. The predicted octanol–water partition coefficient (Wildman–Crippen LogP) is 0.467. The Hall–Kier alpha value is -3.99. The number of aliphatic carboxylic acids is 1. The number of hydrogen-bond donors (Lipinski definition) is 4. The molecule has 42 heavy (non-hydrogen) atoms. The van der Waals surface area contributed by atoms with Crippen molar-refractivity contribution in [3.05, 3.63) is 42.5 Å². The first-order valence-corrected chi connectivity index (χ1v) is 14.1. The Labute approximate surface area is 237 Å². The van der Waals surface area contributed by atoms with E-state index in [0.717, 1.165) is 0 Å². The number of fused-ring (bicyclic) bond motifs is 2. The van der Waals surface area contributed by atoms with E-state index < -0.39 is 75.6 Å². The molecule has 2 aliphatic heterocycles. The molecule has 0 saturated carbocycles. The van der Waals surface area contributed by atoms with Crippen molar-refractivity contribution < 1.29 is 52.2 Å². The lowest BCUT2D eigenvalue weighted by Crippen LogP contribution is -2.42. The molecule has 1 aromatic carbocycles. The number of imidazole rings is 1. The minimum atomic E-state index is -4.38. The molecule has 224 valence electrons. The molecule has 18 heteroatoms.